The van der Waals surface area contributed by atoms with E-state index in [0.717, 1.165) is 0 Å². The molecule has 1 fully saturated rings. The summed E-state index contributed by atoms with van der Waals surface area (Å²) in [5, 5.41) is 9.42. The number of aliphatic hydroxyl groups is 1. The highest BCUT2D eigenvalue weighted by atomic mass is 35.5. The molecule has 2 atom stereocenters. The molecular formula is C12H17ClN4O3. The van der Waals surface area contributed by atoms with E-state index in [1.807, 2.05) is 6.92 Å². The largest absolute Gasteiger partial charge is 0.394 e. The van der Waals surface area contributed by atoms with E-state index in [0.29, 0.717) is 24.5 Å². The Labute approximate surface area is 121 Å². The van der Waals surface area contributed by atoms with E-state index in [4.69, 9.17) is 27.3 Å². The fourth-order valence-corrected chi connectivity index (χ4v) is 2.26. The van der Waals surface area contributed by atoms with Crippen molar-refractivity contribution in [1.29, 1.82) is 0 Å². The Morgan fingerprint density at radius 2 is 2.50 bits per heavy atom. The van der Waals surface area contributed by atoms with Crippen molar-refractivity contribution in [3.05, 3.63) is 22.8 Å². The number of carbonyl (C=O) groups is 1. The van der Waals surface area contributed by atoms with Crippen LogP contribution >= 0.6 is 11.6 Å². The fraction of sp³-hybridized carbons (Fsp3) is 0.500. The summed E-state index contributed by atoms with van der Waals surface area (Å²) in [6, 6.07) is 1.44. The Bertz CT molecular complexity index is 500. The van der Waals surface area contributed by atoms with Crippen LogP contribution in [0.5, 0.6) is 0 Å². The smallest absolute Gasteiger partial charge is 0.255 e. The second kappa shape index (κ2) is 6.36. The number of hydrogen-bond donors (Lipinski definition) is 3. The van der Waals surface area contributed by atoms with Gasteiger partial charge in [-0.1, -0.05) is 11.6 Å². The summed E-state index contributed by atoms with van der Waals surface area (Å²) in [5.41, 5.74) is 2.72. The van der Waals surface area contributed by atoms with E-state index in [1.54, 1.807) is 4.90 Å². The maximum Gasteiger partial charge on any atom is 0.255 e. The number of nitrogen functional groups attached to an aromatic ring is 1. The van der Waals surface area contributed by atoms with Crippen LogP contribution in [0.1, 0.15) is 17.3 Å². The van der Waals surface area contributed by atoms with Crippen LogP contribution < -0.4 is 11.3 Å². The Balaban J connectivity index is 2.19. The van der Waals surface area contributed by atoms with E-state index in [1.165, 1.54) is 12.3 Å². The lowest BCUT2D eigenvalue weighted by Crippen LogP contribution is -2.52. The molecule has 0 radical (unpaired) electrons. The highest BCUT2D eigenvalue weighted by Gasteiger charge is 2.30. The number of nitrogens with one attached hydrogen (secondary N) is 1. The number of carbonyl (C=O) groups excluding carboxylic acids is 1. The molecule has 2 rings (SSSR count). The number of ether oxygens (including phenoxy) is 1. The molecule has 0 saturated carbocycles. The van der Waals surface area contributed by atoms with Gasteiger partial charge < -0.3 is 20.2 Å². The third kappa shape index (κ3) is 3.01. The van der Waals surface area contributed by atoms with Gasteiger partial charge in [0.05, 0.1) is 35.9 Å². The maximum absolute atomic E-state index is 12.5. The average molecular weight is 301 g/mol. The molecule has 1 aliphatic heterocycles. The first-order chi connectivity index (χ1) is 9.56. The number of rotatable bonds is 3. The van der Waals surface area contributed by atoms with Gasteiger partial charge in [-0.3, -0.25) is 4.79 Å². The number of halogens is 1. The fourth-order valence-electron chi connectivity index (χ4n) is 2.04. The van der Waals surface area contributed by atoms with Crippen LogP contribution in [0.4, 0.5) is 5.82 Å². The summed E-state index contributed by atoms with van der Waals surface area (Å²) in [6.45, 7) is 2.49. The monoisotopic (exact) mass is 300 g/mol. The molecule has 1 amide bonds. The lowest BCUT2D eigenvalue weighted by molar-refractivity contribution is -0.0667. The van der Waals surface area contributed by atoms with Crippen LogP contribution in [0, 0.1) is 0 Å². The van der Waals surface area contributed by atoms with Gasteiger partial charge in [-0.15, -0.1) is 0 Å². The predicted molar refractivity (Wildman–Crippen MR) is 74.4 cm³/mol. The number of hydrogen-bond acceptors (Lipinski definition) is 6. The second-order valence-electron chi connectivity index (χ2n) is 4.64. The van der Waals surface area contributed by atoms with Gasteiger partial charge in [0.15, 0.2) is 5.82 Å². The standard InChI is InChI=1S/C12H17ClN4O3/c1-7-6-20-9(5-18)4-17(7)12(19)8-2-10(13)11(16-14)15-3-8/h2-3,7,9,18H,4-6,14H2,1H3,(H,15,16). The third-order valence-corrected chi connectivity index (χ3v) is 3.48. The molecule has 20 heavy (non-hydrogen) atoms. The number of nitrogens with two attached hydrogens (primary N) is 1. The van der Waals surface area contributed by atoms with Crippen molar-refractivity contribution in [2.24, 2.45) is 5.84 Å². The van der Waals surface area contributed by atoms with Crippen LogP contribution in [0.15, 0.2) is 12.3 Å². The SMILES string of the molecule is CC1COC(CO)CN1C(=O)c1cnc(NN)c(Cl)c1. The highest BCUT2D eigenvalue weighted by molar-refractivity contribution is 6.33. The molecule has 0 aromatic carbocycles. The number of pyridine rings is 1. The molecule has 2 heterocycles. The molecule has 1 aliphatic rings. The first-order valence-corrected chi connectivity index (χ1v) is 6.60. The molecule has 1 aromatic heterocycles. The van der Waals surface area contributed by atoms with Gasteiger partial charge in [0.25, 0.3) is 5.91 Å². The summed E-state index contributed by atoms with van der Waals surface area (Å²) in [5.74, 6) is 5.36. The summed E-state index contributed by atoms with van der Waals surface area (Å²) >= 11 is 5.96. The van der Waals surface area contributed by atoms with E-state index in [9.17, 15) is 4.79 Å². The van der Waals surface area contributed by atoms with E-state index in [-0.39, 0.29) is 29.7 Å². The minimum atomic E-state index is -0.358. The number of aliphatic hydroxyl groups excluding tert-OH is 1. The lowest BCUT2D eigenvalue weighted by atomic mass is 10.1. The van der Waals surface area contributed by atoms with Crippen molar-refractivity contribution in [2.75, 3.05) is 25.2 Å². The molecule has 0 bridgehead atoms. The Morgan fingerprint density at radius 3 is 3.10 bits per heavy atom. The van der Waals surface area contributed by atoms with Gasteiger partial charge in [0, 0.05) is 12.7 Å². The molecule has 1 aromatic rings. The van der Waals surface area contributed by atoms with Crippen LogP contribution in [0.2, 0.25) is 5.02 Å². The van der Waals surface area contributed by atoms with Gasteiger partial charge in [0.2, 0.25) is 0 Å². The summed E-state index contributed by atoms with van der Waals surface area (Å²) < 4.78 is 5.40. The minimum Gasteiger partial charge on any atom is -0.394 e. The highest BCUT2D eigenvalue weighted by Crippen LogP contribution is 2.21. The Hall–Kier alpha value is -1.41. The van der Waals surface area contributed by atoms with Crippen LogP contribution in [0.25, 0.3) is 0 Å². The van der Waals surface area contributed by atoms with E-state index >= 15 is 0 Å². The average Bonchev–Trinajstić information content (AvgIpc) is 2.47. The maximum atomic E-state index is 12.5. The molecule has 0 aliphatic carbocycles. The van der Waals surface area contributed by atoms with Gasteiger partial charge in [0.1, 0.15) is 0 Å². The Morgan fingerprint density at radius 1 is 1.75 bits per heavy atom. The van der Waals surface area contributed by atoms with E-state index in [2.05, 4.69) is 10.4 Å². The van der Waals surface area contributed by atoms with Crippen LogP contribution in [0.3, 0.4) is 0 Å². The van der Waals surface area contributed by atoms with Gasteiger partial charge >= 0.3 is 0 Å². The normalized spacial score (nSPS) is 22.7. The van der Waals surface area contributed by atoms with Crippen molar-refractivity contribution in [1.82, 2.24) is 9.88 Å². The van der Waals surface area contributed by atoms with Crippen molar-refractivity contribution in [2.45, 2.75) is 19.1 Å². The van der Waals surface area contributed by atoms with Gasteiger partial charge in [-0.05, 0) is 13.0 Å². The Kier molecular flexibility index (Phi) is 4.77. The minimum absolute atomic E-state index is 0.0728. The molecule has 110 valence electrons. The predicted octanol–water partition coefficient (Wildman–Crippen LogP) is 0.242. The van der Waals surface area contributed by atoms with Gasteiger partial charge in [-0.25, -0.2) is 10.8 Å². The molecule has 4 N–H and O–H groups in total. The summed E-state index contributed by atoms with van der Waals surface area (Å²) in [7, 11) is 0. The molecule has 7 nitrogen and oxygen atoms in total. The van der Waals surface area contributed by atoms with Crippen molar-refractivity contribution in [3.8, 4) is 0 Å². The second-order valence-corrected chi connectivity index (χ2v) is 5.05. The van der Waals surface area contributed by atoms with Gasteiger partial charge in [-0.2, -0.15) is 0 Å². The zero-order valence-electron chi connectivity index (χ0n) is 11.0. The number of nitrogens with zero attached hydrogens (tertiary/aromatic N) is 2. The third-order valence-electron chi connectivity index (χ3n) is 3.19. The molecule has 1 saturated heterocycles. The molecular weight excluding hydrogens is 284 g/mol. The summed E-state index contributed by atoms with van der Waals surface area (Å²) in [6.07, 6.45) is 1.06. The zero-order chi connectivity index (χ0) is 14.7. The number of morpholine rings is 1. The number of aromatic nitrogens is 1. The number of amides is 1. The molecule has 0 spiro atoms. The lowest BCUT2D eigenvalue weighted by Gasteiger charge is -2.37. The van der Waals surface area contributed by atoms with Crippen LogP contribution in [-0.4, -0.2) is 52.8 Å². The molecule has 2 unspecified atom stereocenters. The van der Waals surface area contributed by atoms with Crippen molar-refractivity contribution in [3.63, 3.8) is 0 Å². The number of anilines is 1. The summed E-state index contributed by atoms with van der Waals surface area (Å²) in [4.78, 5) is 18.1. The van der Waals surface area contributed by atoms with Crippen molar-refractivity contribution < 1.29 is 14.6 Å². The first kappa shape index (κ1) is 15.0. The zero-order valence-corrected chi connectivity index (χ0v) is 11.8. The number of hydrazine groups is 1. The molecule has 8 heteroatoms. The van der Waals surface area contributed by atoms with E-state index < -0.39 is 0 Å². The topological polar surface area (TPSA) is 101 Å². The quantitative estimate of drug-likeness (QED) is 0.546. The first-order valence-electron chi connectivity index (χ1n) is 6.22. The van der Waals surface area contributed by atoms with Crippen LogP contribution in [-0.2, 0) is 4.74 Å². The van der Waals surface area contributed by atoms with Crippen molar-refractivity contribution >= 4 is 23.3 Å².